The van der Waals surface area contributed by atoms with E-state index in [9.17, 15) is 4.39 Å². The van der Waals surface area contributed by atoms with E-state index in [-0.39, 0.29) is 5.82 Å². The van der Waals surface area contributed by atoms with E-state index >= 15 is 0 Å². The van der Waals surface area contributed by atoms with Gasteiger partial charge >= 0.3 is 0 Å². The molecule has 0 saturated heterocycles. The largest absolute Gasteiger partial charge is 0.296 e. The first-order valence-corrected chi connectivity index (χ1v) is 7.51. The summed E-state index contributed by atoms with van der Waals surface area (Å²) < 4.78 is 16.0. The Kier molecular flexibility index (Phi) is 3.34. The molecule has 3 rings (SSSR count). The number of hydrogen-bond acceptors (Lipinski definition) is 1. The molecule has 0 spiro atoms. The Bertz CT molecular complexity index is 793. The lowest BCUT2D eigenvalue weighted by Crippen LogP contribution is -1.97. The van der Waals surface area contributed by atoms with E-state index in [1.807, 2.05) is 12.1 Å². The topological polar surface area (TPSA) is 17.8 Å². The third-order valence-corrected chi connectivity index (χ3v) is 4.24. The molecule has 0 fully saturated rings. The smallest absolute Gasteiger partial charge is 0.147 e. The summed E-state index contributed by atoms with van der Waals surface area (Å²) in [6, 6.07) is 9.35. The molecular formula is C16H14BrFN2. The number of aromatic nitrogens is 2. The molecule has 0 aliphatic heterocycles. The van der Waals surface area contributed by atoms with E-state index in [4.69, 9.17) is 0 Å². The van der Waals surface area contributed by atoms with Gasteiger partial charge in [0.2, 0.25) is 0 Å². The Labute approximate surface area is 125 Å². The molecule has 102 valence electrons. The van der Waals surface area contributed by atoms with Gasteiger partial charge in [-0.1, -0.05) is 22.0 Å². The number of alkyl halides is 1. The Morgan fingerprint density at radius 3 is 2.60 bits per heavy atom. The first kappa shape index (κ1) is 13.3. The van der Waals surface area contributed by atoms with Gasteiger partial charge in [0.05, 0.1) is 16.7 Å². The van der Waals surface area contributed by atoms with Crippen LogP contribution in [0.1, 0.15) is 16.7 Å². The van der Waals surface area contributed by atoms with Crippen LogP contribution in [0.25, 0.3) is 16.7 Å². The molecule has 0 radical (unpaired) electrons. The van der Waals surface area contributed by atoms with Crippen molar-refractivity contribution < 1.29 is 4.39 Å². The Balaban J connectivity index is 2.22. The summed E-state index contributed by atoms with van der Waals surface area (Å²) in [5.74, 6) is -0.237. The van der Waals surface area contributed by atoms with Crippen LogP contribution in [0.15, 0.2) is 36.7 Å². The van der Waals surface area contributed by atoms with Crippen molar-refractivity contribution in [2.24, 2.45) is 0 Å². The first-order valence-electron chi connectivity index (χ1n) is 6.39. The number of hydrogen-bond donors (Lipinski definition) is 0. The average molecular weight is 333 g/mol. The molecule has 1 aromatic heterocycles. The Morgan fingerprint density at radius 1 is 1.15 bits per heavy atom. The van der Waals surface area contributed by atoms with Crippen LogP contribution in [0.2, 0.25) is 0 Å². The highest BCUT2D eigenvalue weighted by Crippen LogP contribution is 2.24. The summed E-state index contributed by atoms with van der Waals surface area (Å²) in [6.07, 6.45) is 1.68. The number of benzene rings is 2. The van der Waals surface area contributed by atoms with Crippen molar-refractivity contribution in [2.45, 2.75) is 19.2 Å². The molecule has 4 heteroatoms. The van der Waals surface area contributed by atoms with Gasteiger partial charge in [-0.15, -0.1) is 0 Å². The van der Waals surface area contributed by atoms with Gasteiger partial charge in [0, 0.05) is 5.33 Å². The quantitative estimate of drug-likeness (QED) is 0.623. The van der Waals surface area contributed by atoms with Crippen LogP contribution in [0.4, 0.5) is 4.39 Å². The van der Waals surface area contributed by atoms with Crippen LogP contribution >= 0.6 is 15.9 Å². The molecule has 0 aliphatic carbocycles. The van der Waals surface area contributed by atoms with Crippen LogP contribution in [-0.2, 0) is 5.33 Å². The lowest BCUT2D eigenvalue weighted by Gasteiger charge is -2.08. The highest BCUT2D eigenvalue weighted by Gasteiger charge is 2.10. The third-order valence-electron chi connectivity index (χ3n) is 3.59. The highest BCUT2D eigenvalue weighted by atomic mass is 79.9. The van der Waals surface area contributed by atoms with Crippen LogP contribution < -0.4 is 0 Å². The number of halogens is 2. The van der Waals surface area contributed by atoms with E-state index in [1.165, 1.54) is 11.1 Å². The van der Waals surface area contributed by atoms with Crippen LogP contribution in [-0.4, -0.2) is 9.55 Å². The summed E-state index contributed by atoms with van der Waals surface area (Å²) in [5, 5.41) is 0.646. The van der Waals surface area contributed by atoms with E-state index in [0.717, 1.165) is 16.6 Å². The van der Waals surface area contributed by atoms with Crippen molar-refractivity contribution in [3.05, 3.63) is 59.2 Å². The zero-order valence-corrected chi connectivity index (χ0v) is 12.9. The fourth-order valence-corrected chi connectivity index (χ4v) is 2.63. The second-order valence-corrected chi connectivity index (χ2v) is 5.52. The summed E-state index contributed by atoms with van der Waals surface area (Å²) in [5.41, 5.74) is 5.63. The SMILES string of the molecule is Cc1cc2ncn(-c3ccc(CBr)cc3F)c2cc1C. The predicted molar refractivity (Wildman–Crippen MR) is 83.1 cm³/mol. The highest BCUT2D eigenvalue weighted by molar-refractivity contribution is 9.08. The monoisotopic (exact) mass is 332 g/mol. The molecule has 2 nitrogen and oxygen atoms in total. The minimum Gasteiger partial charge on any atom is -0.296 e. The van der Waals surface area contributed by atoms with E-state index < -0.39 is 0 Å². The third kappa shape index (κ3) is 2.14. The van der Waals surface area contributed by atoms with Crippen LogP contribution in [0, 0.1) is 19.7 Å². The van der Waals surface area contributed by atoms with Gasteiger partial charge in [0.1, 0.15) is 12.1 Å². The summed E-state index contributed by atoms with van der Waals surface area (Å²) >= 11 is 3.34. The number of nitrogens with zero attached hydrogens (tertiary/aromatic N) is 2. The number of rotatable bonds is 2. The van der Waals surface area contributed by atoms with Crippen molar-refractivity contribution in [3.63, 3.8) is 0 Å². The maximum Gasteiger partial charge on any atom is 0.147 e. The standard InChI is InChI=1S/C16H14BrFN2/c1-10-5-14-16(6-11(10)2)20(9-19-14)15-4-3-12(8-17)7-13(15)18/h3-7,9H,8H2,1-2H3. The maximum atomic E-state index is 14.2. The molecule has 20 heavy (non-hydrogen) atoms. The minimum atomic E-state index is -0.237. The van der Waals surface area contributed by atoms with Crippen molar-refractivity contribution in [1.82, 2.24) is 9.55 Å². The molecule has 0 amide bonds. The molecule has 0 aliphatic rings. The van der Waals surface area contributed by atoms with E-state index in [0.29, 0.717) is 11.0 Å². The summed E-state index contributed by atoms with van der Waals surface area (Å²) in [4.78, 5) is 4.37. The first-order chi connectivity index (χ1) is 9.60. The van der Waals surface area contributed by atoms with Gasteiger partial charge in [-0.25, -0.2) is 9.37 Å². The predicted octanol–water partition coefficient (Wildman–Crippen LogP) is 4.68. The normalized spacial score (nSPS) is 11.2. The van der Waals surface area contributed by atoms with Gasteiger partial charge in [0.15, 0.2) is 0 Å². The number of fused-ring (bicyclic) bond motifs is 1. The summed E-state index contributed by atoms with van der Waals surface area (Å²) in [7, 11) is 0. The maximum absolute atomic E-state index is 14.2. The van der Waals surface area contributed by atoms with Gasteiger partial charge in [-0.2, -0.15) is 0 Å². The molecule has 3 aromatic rings. The Morgan fingerprint density at radius 2 is 1.90 bits per heavy atom. The molecule has 0 N–H and O–H groups in total. The molecule has 2 aromatic carbocycles. The zero-order chi connectivity index (χ0) is 14.3. The molecule has 0 bridgehead atoms. The van der Waals surface area contributed by atoms with Gasteiger partial charge < -0.3 is 0 Å². The van der Waals surface area contributed by atoms with E-state index in [1.54, 1.807) is 23.0 Å². The fraction of sp³-hybridized carbons (Fsp3) is 0.188. The van der Waals surface area contributed by atoms with Gasteiger partial charge in [-0.3, -0.25) is 4.57 Å². The van der Waals surface area contributed by atoms with Crippen molar-refractivity contribution in [1.29, 1.82) is 0 Å². The van der Waals surface area contributed by atoms with Gasteiger partial charge in [-0.05, 0) is 54.8 Å². The fourth-order valence-electron chi connectivity index (χ4n) is 2.29. The molecule has 1 heterocycles. The lowest BCUT2D eigenvalue weighted by molar-refractivity contribution is 0.618. The summed E-state index contributed by atoms with van der Waals surface area (Å²) in [6.45, 7) is 4.11. The number of aryl methyl sites for hydroxylation is 2. The Hall–Kier alpha value is -1.68. The lowest BCUT2D eigenvalue weighted by atomic mass is 10.1. The van der Waals surface area contributed by atoms with Crippen molar-refractivity contribution in [3.8, 4) is 5.69 Å². The van der Waals surface area contributed by atoms with E-state index in [2.05, 4.69) is 40.8 Å². The molecule has 0 atom stereocenters. The van der Waals surface area contributed by atoms with Crippen LogP contribution in [0.5, 0.6) is 0 Å². The average Bonchev–Trinajstić information content (AvgIpc) is 2.82. The van der Waals surface area contributed by atoms with Crippen molar-refractivity contribution in [2.75, 3.05) is 0 Å². The molecular weight excluding hydrogens is 319 g/mol. The van der Waals surface area contributed by atoms with Crippen molar-refractivity contribution >= 4 is 27.0 Å². The second kappa shape index (κ2) is 5.02. The minimum absolute atomic E-state index is 0.237. The molecule has 0 unspecified atom stereocenters. The van der Waals surface area contributed by atoms with Gasteiger partial charge in [0.25, 0.3) is 0 Å². The van der Waals surface area contributed by atoms with Crippen LogP contribution in [0.3, 0.4) is 0 Å². The zero-order valence-electron chi connectivity index (χ0n) is 11.3. The molecule has 0 saturated carbocycles. The number of imidazole rings is 1. The second-order valence-electron chi connectivity index (χ2n) is 4.96.